The van der Waals surface area contributed by atoms with E-state index >= 15 is 0 Å². The van der Waals surface area contributed by atoms with Crippen LogP contribution in [-0.4, -0.2) is 42.7 Å². The number of unbranched alkanes of at least 4 members (excludes halogenated alkanes) is 1. The molecule has 1 saturated heterocycles. The Kier molecular flexibility index (Phi) is 5.92. The standard InChI is InChI=1S/C22H29NO3/c1-15(2)18-14-17-9-8-16(3)22(19(17)21(25)20(18)24)26-13-7-6-12-23-10-4-5-11-23/h8-9,14-15H,4-7,10-13H2,1-3H3. The molecule has 0 amide bonds. The number of ether oxygens (including phenoxy) is 1. The van der Waals surface area contributed by atoms with Crippen LogP contribution in [0.15, 0.2) is 17.7 Å². The summed E-state index contributed by atoms with van der Waals surface area (Å²) in [6.45, 7) is 9.93. The van der Waals surface area contributed by atoms with Gasteiger partial charge in [0.15, 0.2) is 0 Å². The van der Waals surface area contributed by atoms with Crippen LogP contribution >= 0.6 is 0 Å². The summed E-state index contributed by atoms with van der Waals surface area (Å²) < 4.78 is 5.99. The number of benzene rings is 1. The summed E-state index contributed by atoms with van der Waals surface area (Å²) in [4.78, 5) is 27.6. The number of hydrogen-bond donors (Lipinski definition) is 0. The molecule has 0 saturated carbocycles. The maximum absolute atomic E-state index is 12.7. The minimum absolute atomic E-state index is 0.0378. The SMILES string of the molecule is Cc1ccc2c(c1OCCCCN1CCCC1)C(=O)C(=O)C(C(C)C)=C2. The van der Waals surface area contributed by atoms with Gasteiger partial charge in [0.05, 0.1) is 12.2 Å². The third-order valence-corrected chi connectivity index (χ3v) is 5.33. The highest BCUT2D eigenvalue weighted by molar-refractivity contribution is 6.52. The Morgan fingerprint density at radius 3 is 2.50 bits per heavy atom. The number of likely N-dealkylation sites (tertiary alicyclic amines) is 1. The molecular weight excluding hydrogens is 326 g/mol. The van der Waals surface area contributed by atoms with Crippen LogP contribution in [0.25, 0.3) is 6.08 Å². The number of rotatable bonds is 7. The number of aryl methyl sites for hydroxylation is 1. The van der Waals surface area contributed by atoms with Gasteiger partial charge in [-0.2, -0.15) is 0 Å². The molecule has 1 aliphatic heterocycles. The third-order valence-electron chi connectivity index (χ3n) is 5.33. The number of ketones is 2. The van der Waals surface area contributed by atoms with Gasteiger partial charge in [0.2, 0.25) is 11.6 Å². The first-order chi connectivity index (χ1) is 12.5. The van der Waals surface area contributed by atoms with Gasteiger partial charge in [-0.1, -0.05) is 26.0 Å². The Bertz CT molecular complexity index is 727. The smallest absolute Gasteiger partial charge is 0.237 e. The van der Waals surface area contributed by atoms with Crippen molar-refractivity contribution in [3.8, 4) is 5.75 Å². The van der Waals surface area contributed by atoms with E-state index in [1.165, 1.54) is 25.9 Å². The first-order valence-electron chi connectivity index (χ1n) is 9.78. The number of carbonyl (C=O) groups excluding carboxylic acids is 2. The third kappa shape index (κ3) is 3.90. The molecular formula is C22H29NO3. The maximum Gasteiger partial charge on any atom is 0.237 e. The molecule has 4 nitrogen and oxygen atoms in total. The molecule has 1 heterocycles. The largest absolute Gasteiger partial charge is 0.493 e. The molecule has 0 aromatic heterocycles. The van der Waals surface area contributed by atoms with Crippen LogP contribution in [0.1, 0.15) is 61.0 Å². The van der Waals surface area contributed by atoms with Gasteiger partial charge in [-0.25, -0.2) is 0 Å². The minimum atomic E-state index is -0.429. The van der Waals surface area contributed by atoms with Crippen molar-refractivity contribution in [1.29, 1.82) is 0 Å². The van der Waals surface area contributed by atoms with E-state index in [-0.39, 0.29) is 5.92 Å². The average Bonchev–Trinajstić information content (AvgIpc) is 3.12. The van der Waals surface area contributed by atoms with E-state index in [0.29, 0.717) is 23.5 Å². The summed E-state index contributed by atoms with van der Waals surface area (Å²) in [5, 5.41) is 0. The zero-order valence-corrected chi connectivity index (χ0v) is 16.1. The van der Waals surface area contributed by atoms with Crippen molar-refractivity contribution < 1.29 is 14.3 Å². The van der Waals surface area contributed by atoms with Crippen molar-refractivity contribution in [3.63, 3.8) is 0 Å². The average molecular weight is 355 g/mol. The summed E-state index contributed by atoms with van der Waals surface area (Å²) in [5.41, 5.74) is 2.74. The predicted molar refractivity (Wildman–Crippen MR) is 104 cm³/mol. The fraction of sp³-hybridized carbons (Fsp3) is 0.545. The van der Waals surface area contributed by atoms with Crippen LogP contribution in [-0.2, 0) is 4.79 Å². The van der Waals surface area contributed by atoms with Crippen LogP contribution < -0.4 is 4.74 Å². The number of Topliss-reactive ketones (excluding diaryl/α,β-unsaturated/α-hetero) is 2. The molecule has 26 heavy (non-hydrogen) atoms. The van der Waals surface area contributed by atoms with Crippen LogP contribution in [0.4, 0.5) is 0 Å². The van der Waals surface area contributed by atoms with E-state index in [0.717, 1.165) is 30.5 Å². The van der Waals surface area contributed by atoms with Gasteiger partial charge >= 0.3 is 0 Å². The van der Waals surface area contributed by atoms with E-state index in [9.17, 15) is 9.59 Å². The highest BCUT2D eigenvalue weighted by Crippen LogP contribution is 2.34. The topological polar surface area (TPSA) is 46.6 Å². The van der Waals surface area contributed by atoms with Gasteiger partial charge in [-0.3, -0.25) is 9.59 Å². The van der Waals surface area contributed by atoms with Gasteiger partial charge in [-0.05, 0) is 75.4 Å². The van der Waals surface area contributed by atoms with E-state index in [1.807, 2.05) is 39.0 Å². The number of carbonyl (C=O) groups is 2. The molecule has 1 aliphatic carbocycles. The number of nitrogens with zero attached hydrogens (tertiary/aromatic N) is 1. The molecule has 0 atom stereocenters. The molecule has 3 rings (SSSR count). The van der Waals surface area contributed by atoms with Crippen molar-refractivity contribution in [1.82, 2.24) is 4.90 Å². The summed E-state index contributed by atoms with van der Waals surface area (Å²) >= 11 is 0. The zero-order chi connectivity index (χ0) is 18.7. The second kappa shape index (κ2) is 8.17. The maximum atomic E-state index is 12.7. The molecule has 0 N–H and O–H groups in total. The molecule has 1 aromatic rings. The van der Waals surface area contributed by atoms with Crippen LogP contribution in [0.2, 0.25) is 0 Å². The lowest BCUT2D eigenvalue weighted by molar-refractivity contribution is -0.112. The lowest BCUT2D eigenvalue weighted by Crippen LogP contribution is -2.25. The predicted octanol–water partition coefficient (Wildman–Crippen LogP) is 4.05. The van der Waals surface area contributed by atoms with Crippen molar-refractivity contribution in [3.05, 3.63) is 34.4 Å². The van der Waals surface area contributed by atoms with Gasteiger partial charge in [0.25, 0.3) is 0 Å². The fourth-order valence-electron chi connectivity index (χ4n) is 3.77. The molecule has 140 valence electrons. The summed E-state index contributed by atoms with van der Waals surface area (Å²) in [5.74, 6) is -0.198. The Morgan fingerprint density at radius 2 is 1.81 bits per heavy atom. The van der Waals surface area contributed by atoms with Gasteiger partial charge in [0, 0.05) is 5.57 Å². The lowest BCUT2D eigenvalue weighted by atomic mass is 9.84. The van der Waals surface area contributed by atoms with E-state index in [4.69, 9.17) is 4.74 Å². The zero-order valence-electron chi connectivity index (χ0n) is 16.1. The van der Waals surface area contributed by atoms with Crippen molar-refractivity contribution >= 4 is 17.6 Å². The molecule has 2 aliphatic rings. The molecule has 0 radical (unpaired) electrons. The van der Waals surface area contributed by atoms with Gasteiger partial charge < -0.3 is 9.64 Å². The summed E-state index contributed by atoms with van der Waals surface area (Å²) in [7, 11) is 0. The summed E-state index contributed by atoms with van der Waals surface area (Å²) in [6, 6.07) is 3.88. The number of hydrogen-bond acceptors (Lipinski definition) is 4. The Labute approximate surface area is 156 Å². The molecule has 4 heteroatoms. The highest BCUT2D eigenvalue weighted by Gasteiger charge is 2.32. The minimum Gasteiger partial charge on any atom is -0.493 e. The van der Waals surface area contributed by atoms with Crippen molar-refractivity contribution in [2.45, 2.75) is 46.5 Å². The lowest BCUT2D eigenvalue weighted by Gasteiger charge is -2.21. The number of fused-ring (bicyclic) bond motifs is 1. The van der Waals surface area contributed by atoms with E-state index in [1.54, 1.807) is 0 Å². The van der Waals surface area contributed by atoms with Gasteiger partial charge in [0.1, 0.15) is 5.75 Å². The quantitative estimate of drug-likeness (QED) is 0.547. The molecule has 0 bridgehead atoms. The van der Waals surface area contributed by atoms with Crippen LogP contribution in [0.3, 0.4) is 0 Å². The van der Waals surface area contributed by atoms with E-state index in [2.05, 4.69) is 4.90 Å². The molecule has 0 unspecified atom stereocenters. The van der Waals surface area contributed by atoms with Crippen LogP contribution in [0, 0.1) is 12.8 Å². The Balaban J connectivity index is 1.69. The first-order valence-corrected chi connectivity index (χ1v) is 9.78. The van der Waals surface area contributed by atoms with E-state index < -0.39 is 11.6 Å². The first kappa shape index (κ1) is 18.8. The number of allylic oxidation sites excluding steroid dienone is 1. The molecule has 0 spiro atoms. The second-order valence-corrected chi connectivity index (χ2v) is 7.69. The van der Waals surface area contributed by atoms with Gasteiger partial charge in [-0.15, -0.1) is 0 Å². The highest BCUT2D eigenvalue weighted by atomic mass is 16.5. The monoisotopic (exact) mass is 355 g/mol. The summed E-state index contributed by atoms with van der Waals surface area (Å²) in [6.07, 6.45) is 6.53. The Morgan fingerprint density at radius 1 is 1.08 bits per heavy atom. The Hall–Kier alpha value is -1.94. The normalized spacial score (nSPS) is 17.6. The van der Waals surface area contributed by atoms with Crippen molar-refractivity contribution in [2.75, 3.05) is 26.2 Å². The molecule has 1 aromatic carbocycles. The second-order valence-electron chi connectivity index (χ2n) is 7.69. The molecule has 1 fully saturated rings. The fourth-order valence-corrected chi connectivity index (χ4v) is 3.77. The van der Waals surface area contributed by atoms with Crippen molar-refractivity contribution in [2.24, 2.45) is 5.92 Å². The van der Waals surface area contributed by atoms with Crippen LogP contribution in [0.5, 0.6) is 5.75 Å².